The monoisotopic (exact) mass is 851 g/mol. The minimum atomic E-state index is -1.32. The number of hydrogen-bond donors (Lipinski definition) is 0. The van der Waals surface area contributed by atoms with Crippen LogP contribution < -0.4 is 4.90 Å². The van der Waals surface area contributed by atoms with E-state index in [1.165, 1.54) is 0 Å². The summed E-state index contributed by atoms with van der Waals surface area (Å²) < 4.78 is 37.3. The van der Waals surface area contributed by atoms with E-state index in [4.69, 9.17) is 43.5 Å². The Morgan fingerprint density at radius 3 is 2.03 bits per heavy atom. The fraction of sp³-hybridized carbons (Fsp3) is 0.581. The van der Waals surface area contributed by atoms with Crippen LogP contribution in [0.3, 0.4) is 0 Å². The standard InChI is InChI=1S/C43H65N5O7SSi2/c1-50-21-23-54-42(49)43(55-24-22-51-2)19-17-34(18-20-43)38-39(56-3)41(47(31-52-25-27-57(4,5)6)32-53-26-28-58(7,8)9)48-40(46-38)36(30-45-48)35-15-16-37(44-29-35)33-13-11-10-12-14-33/h10-16,29-30,34H,17-28,31-32H2,1-9H3. The van der Waals surface area contributed by atoms with Gasteiger partial charge in [-0.2, -0.15) is 9.61 Å². The van der Waals surface area contributed by atoms with Crippen LogP contribution >= 0.6 is 11.8 Å². The molecule has 0 saturated heterocycles. The third kappa shape index (κ3) is 12.4. The molecule has 0 N–H and O–H groups in total. The predicted octanol–water partition coefficient (Wildman–Crippen LogP) is 8.86. The second kappa shape index (κ2) is 21.4. The molecule has 0 amide bonds. The lowest BCUT2D eigenvalue weighted by atomic mass is 9.77. The van der Waals surface area contributed by atoms with Crippen molar-refractivity contribution < 1.29 is 33.2 Å². The zero-order valence-electron chi connectivity index (χ0n) is 36.2. The van der Waals surface area contributed by atoms with Gasteiger partial charge in [0, 0.05) is 72.4 Å². The van der Waals surface area contributed by atoms with Crippen LogP contribution in [0.4, 0.5) is 5.82 Å². The summed E-state index contributed by atoms with van der Waals surface area (Å²) in [5.74, 6) is 0.580. The number of rotatable bonds is 23. The van der Waals surface area contributed by atoms with Crippen LogP contribution in [0.5, 0.6) is 0 Å². The van der Waals surface area contributed by atoms with Crippen LogP contribution in [0.2, 0.25) is 51.4 Å². The SMILES string of the molecule is COCCOC(=O)C1(OCCOC)CCC(c2nc3c(-c4ccc(-c5ccccc5)nc4)cnn3c(N(COCC[Si](C)(C)C)COCC[Si](C)(C)C)c2SC)CC1. The van der Waals surface area contributed by atoms with Gasteiger partial charge >= 0.3 is 5.97 Å². The van der Waals surface area contributed by atoms with E-state index >= 15 is 0 Å². The van der Waals surface area contributed by atoms with Crippen LogP contribution in [-0.4, -0.2) is 121 Å². The number of carbonyl (C=O) groups is 1. The average Bonchev–Trinajstić information content (AvgIpc) is 3.63. The van der Waals surface area contributed by atoms with E-state index in [2.05, 4.69) is 68.6 Å². The van der Waals surface area contributed by atoms with Crippen LogP contribution in [0.1, 0.15) is 37.3 Å². The first-order chi connectivity index (χ1) is 27.8. The first-order valence-electron chi connectivity index (χ1n) is 20.5. The number of aromatic nitrogens is 4. The van der Waals surface area contributed by atoms with Crippen molar-refractivity contribution in [2.24, 2.45) is 0 Å². The van der Waals surface area contributed by atoms with Crippen molar-refractivity contribution in [1.82, 2.24) is 19.6 Å². The van der Waals surface area contributed by atoms with E-state index in [-0.39, 0.29) is 18.5 Å². The Balaban J connectivity index is 1.57. The molecule has 58 heavy (non-hydrogen) atoms. The molecule has 1 aliphatic rings. The number of esters is 1. The molecule has 4 aromatic rings. The summed E-state index contributed by atoms with van der Waals surface area (Å²) >= 11 is 1.66. The Kier molecular flexibility index (Phi) is 16.9. The van der Waals surface area contributed by atoms with E-state index < -0.39 is 21.7 Å². The highest BCUT2D eigenvalue weighted by Gasteiger charge is 2.45. The normalized spacial score (nSPS) is 17.5. The molecule has 1 fully saturated rings. The Labute approximate surface area is 351 Å². The number of hydrogen-bond acceptors (Lipinski definition) is 12. The second-order valence-corrected chi connectivity index (χ2v) is 29.5. The number of nitrogens with zero attached hydrogens (tertiary/aromatic N) is 5. The first-order valence-corrected chi connectivity index (χ1v) is 29.1. The van der Waals surface area contributed by atoms with Gasteiger partial charge in [0.2, 0.25) is 0 Å². The molecule has 0 aliphatic heterocycles. The smallest absolute Gasteiger partial charge is 0.338 e. The van der Waals surface area contributed by atoms with Crippen molar-refractivity contribution in [1.29, 1.82) is 0 Å². The van der Waals surface area contributed by atoms with Crippen LogP contribution in [0, 0.1) is 0 Å². The van der Waals surface area contributed by atoms with Crippen LogP contribution in [-0.2, 0) is 33.2 Å². The number of fused-ring (bicyclic) bond motifs is 1. The highest BCUT2D eigenvalue weighted by Crippen LogP contribution is 2.45. The summed E-state index contributed by atoms with van der Waals surface area (Å²) in [5.41, 5.74) is 4.41. The summed E-state index contributed by atoms with van der Waals surface area (Å²) in [5, 5.41) is 5.02. The molecular formula is C43H65N5O7SSi2. The molecule has 12 nitrogen and oxygen atoms in total. The molecule has 318 valence electrons. The van der Waals surface area contributed by atoms with E-state index in [1.54, 1.807) is 26.0 Å². The van der Waals surface area contributed by atoms with Gasteiger partial charge in [0.25, 0.3) is 0 Å². The number of benzene rings is 1. The maximum Gasteiger partial charge on any atom is 0.338 e. The predicted molar refractivity (Wildman–Crippen MR) is 238 cm³/mol. The second-order valence-electron chi connectivity index (χ2n) is 17.4. The molecule has 5 rings (SSSR count). The molecule has 1 aromatic carbocycles. The molecule has 3 heterocycles. The third-order valence-electron chi connectivity index (χ3n) is 10.5. The number of thioether (sulfide) groups is 1. The van der Waals surface area contributed by atoms with Crippen molar-refractivity contribution in [2.45, 2.75) is 93.5 Å². The lowest BCUT2D eigenvalue weighted by Crippen LogP contribution is -2.46. The van der Waals surface area contributed by atoms with Crippen molar-refractivity contribution in [3.8, 4) is 22.4 Å². The van der Waals surface area contributed by atoms with Gasteiger partial charge in [0.1, 0.15) is 20.1 Å². The molecule has 0 radical (unpaired) electrons. The topological polar surface area (TPSA) is 119 Å². The number of carbonyl (C=O) groups excluding carboxylic acids is 1. The molecule has 0 spiro atoms. The van der Waals surface area contributed by atoms with Gasteiger partial charge < -0.3 is 33.3 Å². The van der Waals surface area contributed by atoms with Crippen LogP contribution in [0.25, 0.3) is 28.0 Å². The lowest BCUT2D eigenvalue weighted by molar-refractivity contribution is -0.181. The van der Waals surface area contributed by atoms with Crippen molar-refractivity contribution in [3.63, 3.8) is 0 Å². The molecule has 3 aromatic heterocycles. The molecule has 15 heteroatoms. The van der Waals surface area contributed by atoms with E-state index in [9.17, 15) is 4.79 Å². The minimum absolute atomic E-state index is 0.0425. The van der Waals surface area contributed by atoms with Gasteiger partial charge in [-0.15, -0.1) is 11.8 Å². The highest BCUT2D eigenvalue weighted by molar-refractivity contribution is 7.98. The zero-order chi connectivity index (χ0) is 41.8. The number of ether oxygens (including phenoxy) is 6. The first kappa shape index (κ1) is 45.9. The fourth-order valence-corrected chi connectivity index (χ4v) is 9.30. The number of pyridine rings is 1. The number of anilines is 1. The fourth-order valence-electron chi connectivity index (χ4n) is 6.97. The Morgan fingerprint density at radius 1 is 0.828 bits per heavy atom. The molecule has 0 atom stereocenters. The summed E-state index contributed by atoms with van der Waals surface area (Å²) in [6.07, 6.45) is 8.23. The van der Waals surface area contributed by atoms with Crippen molar-refractivity contribution in [3.05, 3.63) is 60.6 Å². The maximum atomic E-state index is 13.6. The van der Waals surface area contributed by atoms with Crippen molar-refractivity contribution >= 4 is 45.3 Å². The van der Waals surface area contributed by atoms with Gasteiger partial charge in [-0.3, -0.25) is 4.98 Å². The highest BCUT2D eigenvalue weighted by atomic mass is 32.2. The molecular weight excluding hydrogens is 787 g/mol. The number of methoxy groups -OCH3 is 2. The summed E-state index contributed by atoms with van der Waals surface area (Å²) in [4.78, 5) is 27.1. The van der Waals surface area contributed by atoms with Gasteiger partial charge in [-0.05, 0) is 50.1 Å². The average molecular weight is 852 g/mol. The third-order valence-corrected chi connectivity index (χ3v) is 14.7. The molecule has 0 unspecified atom stereocenters. The Morgan fingerprint density at radius 2 is 1.47 bits per heavy atom. The summed E-state index contributed by atoms with van der Waals surface area (Å²) in [7, 11) is 0.583. The zero-order valence-corrected chi connectivity index (χ0v) is 39.0. The van der Waals surface area contributed by atoms with Gasteiger partial charge in [-0.25, -0.2) is 9.78 Å². The van der Waals surface area contributed by atoms with Gasteiger partial charge in [0.15, 0.2) is 17.1 Å². The largest absolute Gasteiger partial charge is 0.461 e. The van der Waals surface area contributed by atoms with Gasteiger partial charge in [0.05, 0.1) is 42.3 Å². The maximum absolute atomic E-state index is 13.6. The lowest BCUT2D eigenvalue weighted by Gasteiger charge is -2.38. The Bertz CT molecular complexity index is 1860. The summed E-state index contributed by atoms with van der Waals surface area (Å²) in [6, 6.07) is 16.4. The summed E-state index contributed by atoms with van der Waals surface area (Å²) in [6.45, 7) is 17.4. The quantitative estimate of drug-likeness (QED) is 0.0233. The minimum Gasteiger partial charge on any atom is -0.461 e. The van der Waals surface area contributed by atoms with E-state index in [1.807, 2.05) is 41.2 Å². The van der Waals surface area contributed by atoms with E-state index in [0.717, 1.165) is 56.5 Å². The van der Waals surface area contributed by atoms with Crippen molar-refractivity contribution in [2.75, 3.05) is 78.5 Å². The Hall–Kier alpha value is -3.16. The van der Waals surface area contributed by atoms with Gasteiger partial charge in [-0.1, -0.05) is 75.7 Å². The molecule has 1 aliphatic carbocycles. The van der Waals surface area contributed by atoms with Crippen LogP contribution in [0.15, 0.2) is 59.8 Å². The molecule has 0 bridgehead atoms. The molecule has 1 saturated carbocycles. The van der Waals surface area contributed by atoms with E-state index in [0.29, 0.717) is 72.2 Å².